The van der Waals surface area contributed by atoms with Gasteiger partial charge in [-0.1, -0.05) is 47.1 Å². The van der Waals surface area contributed by atoms with Crippen molar-refractivity contribution < 1.29 is 5.11 Å². The number of halogens is 1. The molecule has 0 saturated heterocycles. The van der Waals surface area contributed by atoms with Crippen LogP contribution in [0.2, 0.25) is 0 Å². The smallest absolute Gasteiger partial charge is 0.251 e. The highest BCUT2D eigenvalue weighted by Crippen LogP contribution is 2.33. The highest BCUT2D eigenvalue weighted by molar-refractivity contribution is 9.10. The number of aliphatic hydroxyl groups is 1. The largest absolute Gasteiger partial charge is 0.389 e. The molecule has 2 N–H and O–H groups in total. The number of nitrogens with one attached hydrogen (secondary N) is 1. The third-order valence-corrected chi connectivity index (χ3v) is 4.36. The van der Waals surface area contributed by atoms with Gasteiger partial charge in [0.25, 0.3) is 5.56 Å². The number of hydrogen-bond acceptors (Lipinski definition) is 4. The summed E-state index contributed by atoms with van der Waals surface area (Å²) in [5.74, 6) is 0. The minimum Gasteiger partial charge on any atom is -0.389 e. The van der Waals surface area contributed by atoms with Crippen LogP contribution >= 0.6 is 27.7 Å². The molecule has 0 amide bonds. The monoisotopic (exact) mass is 368 g/mol. The zero-order valence-electron chi connectivity index (χ0n) is 11.9. The predicted octanol–water partition coefficient (Wildman–Crippen LogP) is 3.69. The molecule has 0 bridgehead atoms. The van der Waals surface area contributed by atoms with Crippen LogP contribution in [0.3, 0.4) is 0 Å². The number of H-pyrrole nitrogens is 1. The molecular weight excluding hydrogens is 352 g/mol. The third kappa shape index (κ3) is 4.43. The zero-order chi connectivity index (χ0) is 15.4. The summed E-state index contributed by atoms with van der Waals surface area (Å²) in [6, 6.07) is 7.20. The summed E-state index contributed by atoms with van der Waals surface area (Å²) in [6.45, 7) is 3.77. The molecule has 4 nitrogen and oxygen atoms in total. The summed E-state index contributed by atoms with van der Waals surface area (Å²) in [5.41, 5.74) is 1.45. The van der Waals surface area contributed by atoms with Crippen LogP contribution in [0.4, 0.5) is 0 Å². The number of hydrogen-bond donors (Lipinski definition) is 2. The van der Waals surface area contributed by atoms with Gasteiger partial charge in [-0.05, 0) is 31.0 Å². The SMILES string of the molecule is CCCc1cc(=O)[nH]c(Sc2cc(Br)ccc2C(C)O)n1. The maximum absolute atomic E-state index is 11.7. The lowest BCUT2D eigenvalue weighted by Gasteiger charge is -2.12. The molecule has 1 aromatic heterocycles. The van der Waals surface area contributed by atoms with E-state index in [1.807, 2.05) is 18.2 Å². The van der Waals surface area contributed by atoms with Crippen LogP contribution < -0.4 is 5.56 Å². The molecule has 2 aromatic rings. The fourth-order valence-electron chi connectivity index (χ4n) is 1.96. The van der Waals surface area contributed by atoms with Gasteiger partial charge in [-0.15, -0.1) is 0 Å². The first-order valence-electron chi connectivity index (χ1n) is 6.75. The average molecular weight is 369 g/mol. The summed E-state index contributed by atoms with van der Waals surface area (Å²) in [7, 11) is 0. The van der Waals surface area contributed by atoms with Crippen LogP contribution in [0.25, 0.3) is 0 Å². The Morgan fingerprint density at radius 2 is 2.19 bits per heavy atom. The lowest BCUT2D eigenvalue weighted by Crippen LogP contribution is -2.10. The van der Waals surface area contributed by atoms with Crippen molar-refractivity contribution >= 4 is 27.7 Å². The fourth-order valence-corrected chi connectivity index (χ4v) is 3.54. The van der Waals surface area contributed by atoms with E-state index >= 15 is 0 Å². The van der Waals surface area contributed by atoms with Gasteiger partial charge in [-0.25, -0.2) is 4.98 Å². The van der Waals surface area contributed by atoms with E-state index in [0.29, 0.717) is 5.16 Å². The van der Waals surface area contributed by atoms with Crippen molar-refractivity contribution in [1.82, 2.24) is 9.97 Å². The van der Waals surface area contributed by atoms with E-state index in [0.717, 1.165) is 33.5 Å². The molecule has 0 radical (unpaired) electrons. The summed E-state index contributed by atoms with van der Waals surface area (Å²) in [4.78, 5) is 19.8. The maximum atomic E-state index is 11.7. The molecule has 1 atom stereocenters. The molecular formula is C15H17BrN2O2S. The molecule has 1 heterocycles. The molecule has 0 aliphatic rings. The number of aromatic amines is 1. The van der Waals surface area contributed by atoms with Crippen molar-refractivity contribution in [2.75, 3.05) is 0 Å². The number of rotatable bonds is 5. The van der Waals surface area contributed by atoms with Crippen LogP contribution in [-0.4, -0.2) is 15.1 Å². The highest BCUT2D eigenvalue weighted by atomic mass is 79.9. The molecule has 112 valence electrons. The summed E-state index contributed by atoms with van der Waals surface area (Å²) in [5, 5.41) is 10.4. The van der Waals surface area contributed by atoms with Crippen molar-refractivity contribution in [3.63, 3.8) is 0 Å². The molecule has 0 fully saturated rings. The van der Waals surface area contributed by atoms with Gasteiger partial charge in [-0.3, -0.25) is 4.79 Å². The first kappa shape index (κ1) is 16.3. The lowest BCUT2D eigenvalue weighted by molar-refractivity contribution is 0.196. The van der Waals surface area contributed by atoms with E-state index in [-0.39, 0.29) is 5.56 Å². The Hall–Kier alpha value is -1.11. The minimum atomic E-state index is -0.578. The van der Waals surface area contributed by atoms with Gasteiger partial charge < -0.3 is 10.1 Å². The molecule has 0 aliphatic carbocycles. The Labute approximate surface area is 136 Å². The second-order valence-corrected chi connectivity index (χ2v) is 6.70. The standard InChI is InChI=1S/C15H17BrN2O2S/c1-3-4-11-8-14(20)18-15(17-11)21-13-7-10(16)5-6-12(13)9(2)19/h5-9,19H,3-4H2,1-2H3,(H,17,18,20). The Bertz CT molecular complexity index is 686. The first-order valence-corrected chi connectivity index (χ1v) is 8.36. The van der Waals surface area contributed by atoms with Crippen molar-refractivity contribution in [3.8, 4) is 0 Å². The molecule has 6 heteroatoms. The highest BCUT2D eigenvalue weighted by Gasteiger charge is 2.12. The van der Waals surface area contributed by atoms with E-state index < -0.39 is 6.10 Å². The number of nitrogens with zero attached hydrogens (tertiary/aromatic N) is 1. The van der Waals surface area contributed by atoms with E-state index in [1.165, 1.54) is 17.8 Å². The van der Waals surface area contributed by atoms with Crippen LogP contribution in [0.5, 0.6) is 0 Å². The summed E-state index contributed by atoms with van der Waals surface area (Å²) in [6.07, 6.45) is 1.14. The zero-order valence-corrected chi connectivity index (χ0v) is 14.3. The van der Waals surface area contributed by atoms with Gasteiger partial charge in [0.1, 0.15) is 0 Å². The minimum absolute atomic E-state index is 0.149. The number of aliphatic hydroxyl groups excluding tert-OH is 1. The molecule has 0 saturated carbocycles. The van der Waals surface area contributed by atoms with E-state index in [1.54, 1.807) is 6.92 Å². The van der Waals surface area contributed by atoms with E-state index in [4.69, 9.17) is 0 Å². The van der Waals surface area contributed by atoms with Gasteiger partial charge in [-0.2, -0.15) is 0 Å². The molecule has 1 unspecified atom stereocenters. The second kappa shape index (κ2) is 7.24. The topological polar surface area (TPSA) is 66.0 Å². The predicted molar refractivity (Wildman–Crippen MR) is 87.8 cm³/mol. The maximum Gasteiger partial charge on any atom is 0.251 e. The average Bonchev–Trinajstić information content (AvgIpc) is 2.38. The van der Waals surface area contributed by atoms with Crippen molar-refractivity contribution in [3.05, 3.63) is 50.3 Å². The fraction of sp³-hybridized carbons (Fsp3) is 0.333. The van der Waals surface area contributed by atoms with Crippen molar-refractivity contribution in [2.24, 2.45) is 0 Å². The summed E-state index contributed by atoms with van der Waals surface area (Å²) >= 11 is 4.78. The summed E-state index contributed by atoms with van der Waals surface area (Å²) < 4.78 is 0.918. The lowest BCUT2D eigenvalue weighted by atomic mass is 10.1. The van der Waals surface area contributed by atoms with Crippen LogP contribution in [0.1, 0.15) is 37.6 Å². The van der Waals surface area contributed by atoms with Gasteiger partial charge in [0.2, 0.25) is 0 Å². The Kier molecular flexibility index (Phi) is 5.61. The Morgan fingerprint density at radius 1 is 1.43 bits per heavy atom. The van der Waals surface area contributed by atoms with Crippen molar-refractivity contribution in [1.29, 1.82) is 0 Å². The number of aryl methyl sites for hydroxylation is 1. The number of benzene rings is 1. The second-order valence-electron chi connectivity index (χ2n) is 4.75. The van der Waals surface area contributed by atoms with Crippen LogP contribution in [-0.2, 0) is 6.42 Å². The van der Waals surface area contributed by atoms with Crippen LogP contribution in [0, 0.1) is 0 Å². The first-order chi connectivity index (χ1) is 9.99. The normalized spacial score (nSPS) is 12.4. The molecule has 21 heavy (non-hydrogen) atoms. The quantitative estimate of drug-likeness (QED) is 0.789. The molecule has 0 spiro atoms. The van der Waals surface area contributed by atoms with Gasteiger partial charge in [0, 0.05) is 21.1 Å². The Morgan fingerprint density at radius 3 is 2.86 bits per heavy atom. The van der Waals surface area contributed by atoms with E-state index in [2.05, 4.69) is 32.8 Å². The van der Waals surface area contributed by atoms with Gasteiger partial charge >= 0.3 is 0 Å². The van der Waals surface area contributed by atoms with E-state index in [9.17, 15) is 9.90 Å². The van der Waals surface area contributed by atoms with Gasteiger partial charge in [0.15, 0.2) is 5.16 Å². The number of aromatic nitrogens is 2. The molecule has 1 aromatic carbocycles. The van der Waals surface area contributed by atoms with Crippen LogP contribution in [0.15, 0.2) is 43.6 Å². The van der Waals surface area contributed by atoms with Gasteiger partial charge in [0.05, 0.1) is 6.10 Å². The molecule has 2 rings (SSSR count). The third-order valence-electron chi connectivity index (χ3n) is 2.91. The molecule has 0 aliphatic heterocycles. The Balaban J connectivity index is 2.38. The van der Waals surface area contributed by atoms with Crippen molar-refractivity contribution in [2.45, 2.75) is 42.8 Å².